The van der Waals surface area contributed by atoms with Crippen LogP contribution in [0.3, 0.4) is 0 Å². The van der Waals surface area contributed by atoms with Crippen molar-refractivity contribution >= 4 is 18.0 Å². The zero-order valence-corrected chi connectivity index (χ0v) is 12.5. The van der Waals surface area contributed by atoms with Crippen molar-refractivity contribution in [2.75, 3.05) is 13.1 Å². The van der Waals surface area contributed by atoms with E-state index in [2.05, 4.69) is 6.92 Å². The van der Waals surface area contributed by atoms with Crippen LogP contribution in [0.5, 0.6) is 0 Å². The molecule has 0 spiro atoms. The minimum atomic E-state index is -0.992. The molecule has 0 saturated carbocycles. The topological polar surface area (TPSA) is 57.6 Å². The molecule has 4 nitrogen and oxygen atoms in total. The van der Waals surface area contributed by atoms with Crippen molar-refractivity contribution in [1.82, 2.24) is 4.90 Å². The molecule has 1 aromatic rings. The summed E-state index contributed by atoms with van der Waals surface area (Å²) >= 11 is 0. The lowest BCUT2D eigenvalue weighted by atomic mass is 9.98. The highest BCUT2D eigenvalue weighted by molar-refractivity contribution is 5.96. The molecule has 1 atom stereocenters. The van der Waals surface area contributed by atoms with Gasteiger partial charge in [0.05, 0.1) is 0 Å². The number of piperidine rings is 1. The number of carboxylic acids is 1. The predicted octanol–water partition coefficient (Wildman–Crippen LogP) is 2.96. The van der Waals surface area contributed by atoms with Gasteiger partial charge in [0, 0.05) is 24.7 Å². The zero-order valence-electron chi connectivity index (χ0n) is 12.5. The number of likely N-dealkylation sites (tertiary alicyclic amines) is 1. The van der Waals surface area contributed by atoms with Crippen molar-refractivity contribution in [2.24, 2.45) is 5.92 Å². The highest BCUT2D eigenvalue weighted by Gasteiger charge is 2.23. The summed E-state index contributed by atoms with van der Waals surface area (Å²) in [6.07, 6.45) is 4.81. The maximum absolute atomic E-state index is 12.6. The normalized spacial score (nSPS) is 19.0. The van der Waals surface area contributed by atoms with E-state index >= 15 is 0 Å². The van der Waals surface area contributed by atoms with Gasteiger partial charge in [-0.1, -0.05) is 19.1 Å². The highest BCUT2D eigenvalue weighted by Crippen LogP contribution is 2.20. The van der Waals surface area contributed by atoms with E-state index < -0.39 is 5.97 Å². The number of hydrogen-bond acceptors (Lipinski definition) is 2. The minimum Gasteiger partial charge on any atom is -0.478 e. The summed E-state index contributed by atoms with van der Waals surface area (Å²) < 4.78 is 0. The smallest absolute Gasteiger partial charge is 0.328 e. The van der Waals surface area contributed by atoms with E-state index in [9.17, 15) is 9.59 Å². The molecule has 112 valence electrons. The van der Waals surface area contributed by atoms with E-state index in [4.69, 9.17) is 5.11 Å². The van der Waals surface area contributed by atoms with Crippen LogP contribution in [-0.2, 0) is 4.79 Å². The summed E-state index contributed by atoms with van der Waals surface area (Å²) in [6, 6.07) is 5.46. The van der Waals surface area contributed by atoms with Crippen molar-refractivity contribution < 1.29 is 14.7 Å². The quantitative estimate of drug-likeness (QED) is 0.870. The van der Waals surface area contributed by atoms with Crippen molar-refractivity contribution in [3.05, 3.63) is 41.0 Å². The summed E-state index contributed by atoms with van der Waals surface area (Å²) in [5, 5.41) is 8.68. The van der Waals surface area contributed by atoms with Crippen LogP contribution in [0.15, 0.2) is 24.3 Å². The molecule has 1 amide bonds. The summed E-state index contributed by atoms with van der Waals surface area (Å²) in [4.78, 5) is 25.1. The average molecular weight is 287 g/mol. The molecule has 1 aliphatic rings. The molecule has 0 radical (unpaired) electrons. The lowest BCUT2D eigenvalue weighted by Crippen LogP contribution is -2.39. The van der Waals surface area contributed by atoms with E-state index in [-0.39, 0.29) is 5.91 Å². The molecular weight excluding hydrogens is 266 g/mol. The van der Waals surface area contributed by atoms with Crippen LogP contribution in [0.2, 0.25) is 0 Å². The molecule has 1 fully saturated rings. The first-order valence-electron chi connectivity index (χ1n) is 7.28. The Morgan fingerprint density at radius 3 is 2.81 bits per heavy atom. The van der Waals surface area contributed by atoms with E-state index in [0.29, 0.717) is 11.5 Å². The molecule has 1 aromatic carbocycles. The Labute approximate surface area is 125 Å². The largest absolute Gasteiger partial charge is 0.478 e. The predicted molar refractivity (Wildman–Crippen MR) is 82.2 cm³/mol. The summed E-state index contributed by atoms with van der Waals surface area (Å²) in [5.41, 5.74) is 2.32. The van der Waals surface area contributed by atoms with Crippen molar-refractivity contribution in [3.63, 3.8) is 0 Å². The molecule has 0 aliphatic carbocycles. The molecule has 1 N–H and O–H groups in total. The molecule has 0 aromatic heterocycles. The maximum Gasteiger partial charge on any atom is 0.328 e. The highest BCUT2D eigenvalue weighted by atomic mass is 16.4. The number of aryl methyl sites for hydroxylation is 1. The van der Waals surface area contributed by atoms with E-state index in [1.807, 2.05) is 24.0 Å². The average Bonchev–Trinajstić information content (AvgIpc) is 2.45. The molecular formula is C17H21NO3. The zero-order chi connectivity index (χ0) is 15.4. The lowest BCUT2D eigenvalue weighted by Gasteiger charge is -2.31. The van der Waals surface area contributed by atoms with Crippen molar-refractivity contribution in [3.8, 4) is 0 Å². The number of nitrogens with zero attached hydrogens (tertiary/aromatic N) is 1. The van der Waals surface area contributed by atoms with Gasteiger partial charge in [0.15, 0.2) is 0 Å². The minimum absolute atomic E-state index is 0.0459. The van der Waals surface area contributed by atoms with Gasteiger partial charge in [-0.3, -0.25) is 4.79 Å². The number of amides is 1. The maximum atomic E-state index is 12.6. The molecule has 4 heteroatoms. The van der Waals surface area contributed by atoms with Gasteiger partial charge in [0.2, 0.25) is 0 Å². The number of benzene rings is 1. The van der Waals surface area contributed by atoms with Crippen LogP contribution in [0, 0.1) is 12.8 Å². The summed E-state index contributed by atoms with van der Waals surface area (Å²) in [7, 11) is 0. The Hall–Kier alpha value is -2.10. The summed E-state index contributed by atoms with van der Waals surface area (Å²) in [6.45, 7) is 5.68. The molecule has 1 aliphatic heterocycles. The first kappa shape index (κ1) is 15.3. The number of aliphatic carboxylic acids is 1. The second-order valence-electron chi connectivity index (χ2n) is 5.74. The molecule has 21 heavy (non-hydrogen) atoms. The molecule has 1 heterocycles. The lowest BCUT2D eigenvalue weighted by molar-refractivity contribution is -0.131. The van der Waals surface area contributed by atoms with Gasteiger partial charge in [-0.25, -0.2) is 4.79 Å². The van der Waals surface area contributed by atoms with Gasteiger partial charge in [-0.15, -0.1) is 0 Å². The Kier molecular flexibility index (Phi) is 4.78. The fraction of sp³-hybridized carbons (Fsp3) is 0.412. The third-order valence-electron chi connectivity index (χ3n) is 3.85. The number of carboxylic acid groups (broad SMARTS) is 1. The van der Waals surface area contributed by atoms with Crippen LogP contribution in [-0.4, -0.2) is 35.0 Å². The third kappa shape index (κ3) is 3.94. The van der Waals surface area contributed by atoms with Gasteiger partial charge in [-0.2, -0.15) is 0 Å². The number of carbonyl (C=O) groups excluding carboxylic acids is 1. The SMILES string of the molecule is Cc1ccc(C=CC(=O)O)cc1C(=O)N1CCCC(C)C1. The number of rotatable bonds is 3. The van der Waals surface area contributed by atoms with Gasteiger partial charge >= 0.3 is 5.97 Å². The van der Waals surface area contributed by atoms with Gasteiger partial charge in [-0.05, 0) is 49.0 Å². The Bertz CT molecular complexity index is 577. The molecule has 0 bridgehead atoms. The van der Waals surface area contributed by atoms with Crippen LogP contribution in [0.4, 0.5) is 0 Å². The molecule has 2 rings (SSSR count). The van der Waals surface area contributed by atoms with Crippen LogP contribution in [0.25, 0.3) is 6.08 Å². The van der Waals surface area contributed by atoms with Crippen molar-refractivity contribution in [2.45, 2.75) is 26.7 Å². The first-order valence-corrected chi connectivity index (χ1v) is 7.28. The van der Waals surface area contributed by atoms with Crippen LogP contribution in [0.1, 0.15) is 41.3 Å². The Morgan fingerprint density at radius 2 is 2.14 bits per heavy atom. The second kappa shape index (κ2) is 6.57. The van der Waals surface area contributed by atoms with E-state index in [1.54, 1.807) is 6.07 Å². The van der Waals surface area contributed by atoms with Crippen LogP contribution < -0.4 is 0 Å². The molecule has 1 unspecified atom stereocenters. The third-order valence-corrected chi connectivity index (χ3v) is 3.85. The van der Waals surface area contributed by atoms with Crippen molar-refractivity contribution in [1.29, 1.82) is 0 Å². The standard InChI is InChI=1S/C17H21NO3/c1-12-4-3-9-18(11-12)17(21)15-10-14(6-5-13(15)2)7-8-16(19)20/h5-8,10,12H,3-4,9,11H2,1-2H3,(H,19,20). The number of carbonyl (C=O) groups is 2. The van der Waals surface area contributed by atoms with E-state index in [1.165, 1.54) is 12.5 Å². The van der Waals surface area contributed by atoms with Gasteiger partial charge in [0.1, 0.15) is 0 Å². The Balaban J connectivity index is 2.23. The fourth-order valence-electron chi connectivity index (χ4n) is 2.69. The van der Waals surface area contributed by atoms with Crippen LogP contribution >= 0.6 is 0 Å². The Morgan fingerprint density at radius 1 is 1.38 bits per heavy atom. The molecule has 1 saturated heterocycles. The first-order chi connectivity index (χ1) is 9.97. The summed E-state index contributed by atoms with van der Waals surface area (Å²) in [5.74, 6) is -0.406. The second-order valence-corrected chi connectivity index (χ2v) is 5.74. The van der Waals surface area contributed by atoms with Gasteiger partial charge in [0.25, 0.3) is 5.91 Å². The fourth-order valence-corrected chi connectivity index (χ4v) is 2.69. The monoisotopic (exact) mass is 287 g/mol. The van der Waals surface area contributed by atoms with Gasteiger partial charge < -0.3 is 10.0 Å². The van der Waals surface area contributed by atoms with E-state index in [0.717, 1.165) is 36.7 Å². The number of hydrogen-bond donors (Lipinski definition) is 1.